The van der Waals surface area contributed by atoms with Crippen molar-refractivity contribution in [1.82, 2.24) is 4.98 Å². The molecule has 0 saturated carbocycles. The number of hydrogen-bond acceptors (Lipinski definition) is 3. The van der Waals surface area contributed by atoms with Crippen LogP contribution in [0.5, 0.6) is 5.75 Å². The van der Waals surface area contributed by atoms with Gasteiger partial charge in [0.05, 0.1) is 12.1 Å². The van der Waals surface area contributed by atoms with Gasteiger partial charge < -0.3 is 10.1 Å². The molecule has 0 spiro atoms. The van der Waals surface area contributed by atoms with Crippen LogP contribution in [0.3, 0.4) is 0 Å². The number of methoxy groups -OCH3 is 1. The highest BCUT2D eigenvalue weighted by atomic mass is 35.5. The lowest BCUT2D eigenvalue weighted by molar-refractivity contribution is 0.415. The van der Waals surface area contributed by atoms with Crippen molar-refractivity contribution >= 4 is 17.3 Å². The number of nitrogens with one attached hydrogen (secondary N) is 1. The quantitative estimate of drug-likeness (QED) is 0.897. The topological polar surface area (TPSA) is 34.1 Å². The van der Waals surface area contributed by atoms with Crippen LogP contribution in [0.1, 0.15) is 5.56 Å². The molecule has 0 aliphatic carbocycles. The summed E-state index contributed by atoms with van der Waals surface area (Å²) in [5, 5.41) is 3.94. The van der Waals surface area contributed by atoms with Gasteiger partial charge in [0, 0.05) is 24.6 Å². The Kier molecular flexibility index (Phi) is 4.42. The van der Waals surface area contributed by atoms with E-state index in [1.54, 1.807) is 19.5 Å². The van der Waals surface area contributed by atoms with Gasteiger partial charge in [0.15, 0.2) is 0 Å². The first-order valence-corrected chi connectivity index (χ1v) is 6.13. The molecule has 2 aromatic rings. The van der Waals surface area contributed by atoms with Crippen LogP contribution in [0.25, 0.3) is 0 Å². The molecule has 0 amide bonds. The van der Waals surface area contributed by atoms with Gasteiger partial charge in [-0.1, -0.05) is 11.6 Å². The number of anilines is 1. The summed E-state index contributed by atoms with van der Waals surface area (Å²) in [4.78, 5) is 3.99. The lowest BCUT2D eigenvalue weighted by atomic mass is 10.2. The molecule has 4 heteroatoms. The van der Waals surface area contributed by atoms with E-state index in [1.165, 1.54) is 5.56 Å². The molecule has 0 radical (unpaired) electrons. The van der Waals surface area contributed by atoms with Crippen LogP contribution >= 0.6 is 11.6 Å². The molecule has 1 heterocycles. The molecule has 2 rings (SSSR count). The highest BCUT2D eigenvalue weighted by Crippen LogP contribution is 2.27. The summed E-state index contributed by atoms with van der Waals surface area (Å²) >= 11 is 6.05. The molecule has 0 aliphatic rings. The molecule has 0 aliphatic heterocycles. The summed E-state index contributed by atoms with van der Waals surface area (Å²) in [6.07, 6.45) is 4.56. The fourth-order valence-electron chi connectivity index (χ4n) is 1.68. The van der Waals surface area contributed by atoms with Gasteiger partial charge in [0.25, 0.3) is 0 Å². The van der Waals surface area contributed by atoms with Gasteiger partial charge in [-0.15, -0.1) is 0 Å². The zero-order valence-electron chi connectivity index (χ0n) is 10.2. The van der Waals surface area contributed by atoms with E-state index in [9.17, 15) is 0 Å². The second-order valence-corrected chi connectivity index (χ2v) is 4.29. The van der Waals surface area contributed by atoms with Gasteiger partial charge in [-0.05, 0) is 42.3 Å². The van der Waals surface area contributed by atoms with E-state index in [4.69, 9.17) is 16.3 Å². The van der Waals surface area contributed by atoms with E-state index in [-0.39, 0.29) is 0 Å². The van der Waals surface area contributed by atoms with Crippen molar-refractivity contribution in [2.24, 2.45) is 0 Å². The Balaban J connectivity index is 1.89. The average molecular weight is 263 g/mol. The van der Waals surface area contributed by atoms with Gasteiger partial charge in [-0.2, -0.15) is 0 Å². The number of pyridine rings is 1. The minimum atomic E-state index is 0.617. The van der Waals surface area contributed by atoms with Crippen molar-refractivity contribution in [2.45, 2.75) is 6.42 Å². The predicted molar refractivity (Wildman–Crippen MR) is 74.4 cm³/mol. The summed E-state index contributed by atoms with van der Waals surface area (Å²) in [5.74, 6) is 0.691. The van der Waals surface area contributed by atoms with E-state index < -0.39 is 0 Å². The van der Waals surface area contributed by atoms with E-state index in [1.807, 2.05) is 30.3 Å². The molecule has 3 nitrogen and oxygen atoms in total. The number of aromatic nitrogens is 1. The van der Waals surface area contributed by atoms with Gasteiger partial charge >= 0.3 is 0 Å². The van der Waals surface area contributed by atoms with Crippen molar-refractivity contribution in [3.05, 3.63) is 53.3 Å². The van der Waals surface area contributed by atoms with Gasteiger partial charge in [0.1, 0.15) is 5.75 Å². The summed E-state index contributed by atoms with van der Waals surface area (Å²) < 4.78 is 5.11. The Labute approximate surface area is 112 Å². The van der Waals surface area contributed by atoms with Crippen LogP contribution in [0.15, 0.2) is 42.7 Å². The van der Waals surface area contributed by atoms with Crippen molar-refractivity contribution in [1.29, 1.82) is 0 Å². The summed E-state index contributed by atoms with van der Waals surface area (Å²) in [5.41, 5.74) is 2.26. The number of rotatable bonds is 5. The lowest BCUT2D eigenvalue weighted by Gasteiger charge is -2.08. The molecular weight excluding hydrogens is 248 g/mol. The maximum Gasteiger partial charge on any atom is 0.137 e. The molecule has 94 valence electrons. The van der Waals surface area contributed by atoms with Crippen LogP contribution in [0.2, 0.25) is 5.02 Å². The third-order valence-electron chi connectivity index (χ3n) is 2.64. The molecule has 0 fully saturated rings. The van der Waals surface area contributed by atoms with Crippen molar-refractivity contribution < 1.29 is 4.74 Å². The number of benzene rings is 1. The Morgan fingerprint density at radius 2 is 2.00 bits per heavy atom. The second kappa shape index (κ2) is 6.26. The third kappa shape index (κ3) is 3.37. The van der Waals surface area contributed by atoms with Crippen LogP contribution in [-0.2, 0) is 6.42 Å². The number of nitrogens with zero attached hydrogens (tertiary/aromatic N) is 1. The SMILES string of the molecule is COc1ccc(NCCc2ccncc2)cc1Cl. The summed E-state index contributed by atoms with van der Waals surface area (Å²) in [7, 11) is 1.61. The van der Waals surface area contributed by atoms with Crippen LogP contribution in [0.4, 0.5) is 5.69 Å². The Hall–Kier alpha value is -1.74. The highest BCUT2D eigenvalue weighted by Gasteiger charge is 2.01. The van der Waals surface area contributed by atoms with Crippen LogP contribution in [-0.4, -0.2) is 18.6 Å². The number of hydrogen-bond donors (Lipinski definition) is 1. The van der Waals surface area contributed by atoms with Crippen molar-refractivity contribution in [2.75, 3.05) is 19.0 Å². The zero-order valence-corrected chi connectivity index (χ0v) is 10.9. The van der Waals surface area contributed by atoms with Gasteiger partial charge in [-0.25, -0.2) is 0 Å². The predicted octanol–water partition coefficient (Wildman–Crippen LogP) is 3.40. The molecule has 18 heavy (non-hydrogen) atoms. The zero-order chi connectivity index (χ0) is 12.8. The highest BCUT2D eigenvalue weighted by molar-refractivity contribution is 6.32. The molecule has 0 saturated heterocycles. The summed E-state index contributed by atoms with van der Waals surface area (Å²) in [6, 6.07) is 9.71. The normalized spacial score (nSPS) is 10.1. The average Bonchev–Trinajstić information content (AvgIpc) is 2.40. The smallest absolute Gasteiger partial charge is 0.137 e. The standard InChI is InChI=1S/C14H15ClN2O/c1-18-14-3-2-12(10-13(14)15)17-9-6-11-4-7-16-8-5-11/h2-5,7-8,10,17H,6,9H2,1H3. The number of ether oxygens (including phenoxy) is 1. The van der Waals surface area contributed by atoms with Gasteiger partial charge in [0.2, 0.25) is 0 Å². The first-order valence-electron chi connectivity index (χ1n) is 5.76. The van der Waals surface area contributed by atoms with Crippen LogP contribution < -0.4 is 10.1 Å². The molecular formula is C14H15ClN2O. The summed E-state index contributed by atoms with van der Waals surface area (Å²) in [6.45, 7) is 0.854. The fraction of sp³-hybridized carbons (Fsp3) is 0.214. The first kappa shape index (κ1) is 12.7. The molecule has 0 unspecified atom stereocenters. The largest absolute Gasteiger partial charge is 0.495 e. The maximum atomic E-state index is 6.05. The molecule has 1 N–H and O–H groups in total. The minimum Gasteiger partial charge on any atom is -0.495 e. The Morgan fingerprint density at radius 3 is 2.67 bits per heavy atom. The Bertz CT molecular complexity index is 502. The molecule has 1 aromatic heterocycles. The van der Waals surface area contributed by atoms with Crippen molar-refractivity contribution in [3.63, 3.8) is 0 Å². The lowest BCUT2D eigenvalue weighted by Crippen LogP contribution is -2.04. The van der Waals surface area contributed by atoms with Crippen LogP contribution in [0, 0.1) is 0 Å². The molecule has 0 bridgehead atoms. The minimum absolute atomic E-state index is 0.617. The second-order valence-electron chi connectivity index (χ2n) is 3.88. The van der Waals surface area contributed by atoms with Crippen molar-refractivity contribution in [3.8, 4) is 5.75 Å². The number of halogens is 1. The fourth-order valence-corrected chi connectivity index (χ4v) is 1.93. The monoisotopic (exact) mass is 262 g/mol. The molecule has 0 atom stereocenters. The first-order chi connectivity index (χ1) is 8.79. The van der Waals surface area contributed by atoms with E-state index in [0.29, 0.717) is 10.8 Å². The van der Waals surface area contributed by atoms with E-state index in [2.05, 4.69) is 10.3 Å². The van der Waals surface area contributed by atoms with Gasteiger partial charge in [-0.3, -0.25) is 4.98 Å². The van der Waals surface area contributed by atoms with E-state index >= 15 is 0 Å². The third-order valence-corrected chi connectivity index (χ3v) is 2.94. The maximum absolute atomic E-state index is 6.05. The van der Waals surface area contributed by atoms with E-state index in [0.717, 1.165) is 18.7 Å². The molecule has 1 aromatic carbocycles. The Morgan fingerprint density at radius 1 is 1.22 bits per heavy atom.